The number of amides is 1. The van der Waals surface area contributed by atoms with Gasteiger partial charge in [-0.05, 0) is 12.8 Å². The molecule has 0 aliphatic rings. The second-order valence-electron chi connectivity index (χ2n) is 8.85. The van der Waals surface area contributed by atoms with Crippen LogP contribution in [0.25, 0.3) is 0 Å². The van der Waals surface area contributed by atoms with E-state index in [0.717, 1.165) is 25.8 Å². The number of unbranched alkanes of at least 4 members (excludes halogenated alkanes) is 9. The number of likely N-dealkylation sites (N-methyl/N-ethyl adjacent to an activating group) is 1. The van der Waals surface area contributed by atoms with Gasteiger partial charge in [-0.3, -0.25) is 4.79 Å². The first-order valence-corrected chi connectivity index (χ1v) is 11.8. The van der Waals surface area contributed by atoms with Gasteiger partial charge in [0.15, 0.2) is 0 Å². The van der Waals surface area contributed by atoms with Crippen LogP contribution in [0.4, 0.5) is 0 Å². The van der Waals surface area contributed by atoms with E-state index in [1.54, 1.807) is 0 Å². The minimum Gasteiger partial charge on any atom is -0.385 e. The largest absolute Gasteiger partial charge is 0.385 e. The summed E-state index contributed by atoms with van der Waals surface area (Å²) in [4.78, 5) is 12.0. The van der Waals surface area contributed by atoms with E-state index in [0.29, 0.717) is 37.2 Å². The molecule has 0 aromatic rings. The smallest absolute Gasteiger partial charge is 0.220 e. The Morgan fingerprint density at radius 1 is 0.929 bits per heavy atom. The number of carbonyl (C=O) groups excluding carboxylic acids is 1. The number of nitrogens with zero attached hydrogens (tertiary/aromatic N) is 1. The van der Waals surface area contributed by atoms with E-state index in [-0.39, 0.29) is 5.91 Å². The van der Waals surface area contributed by atoms with Gasteiger partial charge >= 0.3 is 0 Å². The van der Waals surface area contributed by atoms with Gasteiger partial charge < -0.3 is 19.6 Å². The van der Waals surface area contributed by atoms with Crippen molar-refractivity contribution in [1.29, 1.82) is 0 Å². The van der Waals surface area contributed by atoms with Crippen LogP contribution in [0, 0.1) is 0 Å². The quantitative estimate of drug-likeness (QED) is 0.236. The fraction of sp³-hybridized carbons (Fsp3) is 0.957. The van der Waals surface area contributed by atoms with Crippen LogP contribution in [0.5, 0.6) is 0 Å². The third-order valence-corrected chi connectivity index (χ3v) is 5.16. The molecule has 1 unspecified atom stereocenters. The molecule has 0 spiro atoms. The van der Waals surface area contributed by atoms with Gasteiger partial charge in [0.1, 0.15) is 12.6 Å². The molecule has 168 valence electrons. The average molecular weight is 402 g/mol. The first kappa shape index (κ1) is 27.4. The monoisotopic (exact) mass is 401 g/mol. The molecule has 1 atom stereocenters. The first-order valence-electron chi connectivity index (χ1n) is 11.8. The fourth-order valence-corrected chi connectivity index (χ4v) is 3.44. The molecular formula is C23H49N2O3+. The summed E-state index contributed by atoms with van der Waals surface area (Å²) in [5.74, 6) is 0.159. The highest BCUT2D eigenvalue weighted by Crippen LogP contribution is 2.11. The van der Waals surface area contributed by atoms with E-state index < -0.39 is 6.10 Å². The summed E-state index contributed by atoms with van der Waals surface area (Å²) in [6.07, 6.45) is 14.0. The summed E-state index contributed by atoms with van der Waals surface area (Å²) < 4.78 is 6.08. The second-order valence-corrected chi connectivity index (χ2v) is 8.85. The van der Waals surface area contributed by atoms with Crippen molar-refractivity contribution >= 4 is 5.91 Å². The zero-order valence-electron chi connectivity index (χ0n) is 19.3. The molecule has 0 rings (SSSR count). The maximum atomic E-state index is 12.0. The highest BCUT2D eigenvalue weighted by molar-refractivity contribution is 5.75. The first-order chi connectivity index (χ1) is 13.4. The molecule has 0 radical (unpaired) electrons. The lowest BCUT2D eigenvalue weighted by atomic mass is 10.1. The van der Waals surface area contributed by atoms with Crippen LogP contribution in [0.1, 0.15) is 90.9 Å². The molecule has 0 aliphatic heterocycles. The van der Waals surface area contributed by atoms with Crippen LogP contribution < -0.4 is 5.32 Å². The number of carbonyl (C=O) groups is 1. The van der Waals surface area contributed by atoms with Gasteiger partial charge in [-0.1, -0.05) is 71.6 Å². The van der Waals surface area contributed by atoms with Crippen molar-refractivity contribution in [2.24, 2.45) is 0 Å². The SMILES string of the molecule is CCCCCCCCCCCCC(=O)NCC[N+](C)(C)CC(O)COCCC. The number of nitrogens with one attached hydrogen (secondary N) is 1. The third kappa shape index (κ3) is 18.7. The number of rotatable bonds is 20. The van der Waals surface area contributed by atoms with Gasteiger partial charge in [0.2, 0.25) is 5.91 Å². The molecular weight excluding hydrogens is 352 g/mol. The minimum absolute atomic E-state index is 0.159. The highest BCUT2D eigenvalue weighted by atomic mass is 16.5. The van der Waals surface area contributed by atoms with E-state index >= 15 is 0 Å². The Morgan fingerprint density at radius 2 is 1.50 bits per heavy atom. The predicted molar refractivity (Wildman–Crippen MR) is 118 cm³/mol. The maximum Gasteiger partial charge on any atom is 0.220 e. The van der Waals surface area contributed by atoms with Gasteiger partial charge in [-0.2, -0.15) is 0 Å². The van der Waals surface area contributed by atoms with Crippen molar-refractivity contribution in [3.8, 4) is 0 Å². The van der Waals surface area contributed by atoms with Crippen molar-refractivity contribution in [1.82, 2.24) is 5.32 Å². The van der Waals surface area contributed by atoms with Crippen LogP contribution in [0.3, 0.4) is 0 Å². The Morgan fingerprint density at radius 3 is 2.07 bits per heavy atom. The molecule has 0 bridgehead atoms. The summed E-state index contributed by atoms with van der Waals surface area (Å²) in [5, 5.41) is 13.1. The summed E-state index contributed by atoms with van der Waals surface area (Å²) in [6.45, 7) is 7.51. The molecule has 0 aromatic heterocycles. The van der Waals surface area contributed by atoms with Crippen LogP contribution in [0.15, 0.2) is 0 Å². The van der Waals surface area contributed by atoms with Crippen LogP contribution in [-0.4, -0.2) is 68.5 Å². The Labute approximate surface area is 174 Å². The Kier molecular flexibility index (Phi) is 18.0. The average Bonchev–Trinajstić information content (AvgIpc) is 2.63. The van der Waals surface area contributed by atoms with Gasteiger partial charge in [-0.15, -0.1) is 0 Å². The normalized spacial score (nSPS) is 12.9. The van der Waals surface area contributed by atoms with Crippen LogP contribution >= 0.6 is 0 Å². The van der Waals surface area contributed by atoms with Gasteiger partial charge in [0.25, 0.3) is 0 Å². The molecule has 0 saturated heterocycles. The summed E-state index contributed by atoms with van der Waals surface area (Å²) in [5.41, 5.74) is 0. The zero-order valence-corrected chi connectivity index (χ0v) is 19.3. The molecule has 0 saturated carbocycles. The minimum atomic E-state index is -0.455. The Hall–Kier alpha value is -0.650. The lowest BCUT2D eigenvalue weighted by Crippen LogP contribution is -2.50. The number of hydrogen-bond acceptors (Lipinski definition) is 3. The Bertz CT molecular complexity index is 362. The maximum absolute atomic E-state index is 12.0. The van der Waals surface area contributed by atoms with Crippen molar-refractivity contribution in [3.05, 3.63) is 0 Å². The predicted octanol–water partition coefficient (Wildman–Crippen LogP) is 4.28. The summed E-state index contributed by atoms with van der Waals surface area (Å²) in [7, 11) is 4.16. The molecule has 5 nitrogen and oxygen atoms in total. The van der Waals surface area contributed by atoms with E-state index in [2.05, 4.69) is 33.3 Å². The molecule has 2 N–H and O–H groups in total. The van der Waals surface area contributed by atoms with E-state index in [9.17, 15) is 9.90 Å². The Balaban J connectivity index is 3.57. The standard InChI is InChI=1S/C23H48N2O3/c1-5-7-8-9-10-11-12-13-14-15-16-23(27)24-17-18-25(3,4)20-22(26)21-28-19-6-2/h22,26H,5-21H2,1-4H3/p+1. The lowest BCUT2D eigenvalue weighted by Gasteiger charge is -2.31. The third-order valence-electron chi connectivity index (χ3n) is 5.16. The molecule has 0 aromatic carbocycles. The van der Waals surface area contributed by atoms with E-state index in [1.165, 1.54) is 51.4 Å². The summed E-state index contributed by atoms with van der Waals surface area (Å²) >= 11 is 0. The zero-order chi connectivity index (χ0) is 21.1. The van der Waals surface area contributed by atoms with E-state index in [1.807, 2.05) is 0 Å². The molecule has 1 amide bonds. The van der Waals surface area contributed by atoms with Crippen LogP contribution in [-0.2, 0) is 9.53 Å². The molecule has 0 aliphatic carbocycles. The number of aliphatic hydroxyl groups is 1. The van der Waals surface area contributed by atoms with Crippen molar-refractivity contribution in [2.75, 3.05) is 46.9 Å². The molecule has 0 fully saturated rings. The topological polar surface area (TPSA) is 58.6 Å². The van der Waals surface area contributed by atoms with Crippen molar-refractivity contribution < 1.29 is 19.1 Å². The molecule has 28 heavy (non-hydrogen) atoms. The van der Waals surface area contributed by atoms with Crippen molar-refractivity contribution in [3.63, 3.8) is 0 Å². The molecule has 5 heteroatoms. The number of ether oxygens (including phenoxy) is 1. The van der Waals surface area contributed by atoms with Crippen LogP contribution in [0.2, 0.25) is 0 Å². The van der Waals surface area contributed by atoms with Gasteiger partial charge in [0, 0.05) is 13.0 Å². The lowest BCUT2D eigenvalue weighted by molar-refractivity contribution is -0.892. The fourth-order valence-electron chi connectivity index (χ4n) is 3.44. The van der Waals surface area contributed by atoms with Gasteiger partial charge in [0.05, 0.1) is 33.8 Å². The second kappa shape index (κ2) is 18.4. The van der Waals surface area contributed by atoms with E-state index in [4.69, 9.17) is 4.74 Å². The highest BCUT2D eigenvalue weighted by Gasteiger charge is 2.20. The number of aliphatic hydroxyl groups excluding tert-OH is 1. The number of quaternary nitrogens is 1. The van der Waals surface area contributed by atoms with Gasteiger partial charge in [-0.25, -0.2) is 0 Å². The summed E-state index contributed by atoms with van der Waals surface area (Å²) in [6, 6.07) is 0. The van der Waals surface area contributed by atoms with Crippen molar-refractivity contribution in [2.45, 2.75) is 97.0 Å². The molecule has 0 heterocycles. The number of hydrogen-bond donors (Lipinski definition) is 2.